The molecule has 15 nitrogen and oxygen atoms in total. The Morgan fingerprint density at radius 1 is 0.949 bits per heavy atom. The lowest BCUT2D eigenvalue weighted by Crippen LogP contribution is -2.58. The minimum atomic E-state index is -1.75. The Morgan fingerprint density at radius 2 is 1.59 bits per heavy atom. The molecule has 5 N–H and O–H groups in total. The summed E-state index contributed by atoms with van der Waals surface area (Å²) in [5, 5.41) is 22.3. The van der Waals surface area contributed by atoms with E-state index in [2.05, 4.69) is 33.4 Å². The normalized spacial score (nSPS) is 24.6. The van der Waals surface area contributed by atoms with E-state index in [-0.39, 0.29) is 31.4 Å². The third kappa shape index (κ3) is 12.6. The number of nitrogens with one attached hydrogen (secondary N) is 4. The molecule has 0 aliphatic carbocycles. The van der Waals surface area contributed by atoms with Crippen molar-refractivity contribution >= 4 is 35.6 Å². The molecule has 7 atom stereocenters. The Bertz CT molecular complexity index is 1790. The van der Waals surface area contributed by atoms with Crippen molar-refractivity contribution in [3.63, 3.8) is 0 Å². The van der Waals surface area contributed by atoms with Crippen LogP contribution in [0.2, 0.25) is 0 Å². The number of allylic oxidation sites excluding steroid dienone is 2. The number of carbonyl (C=O) groups excluding carboxylic acids is 6. The van der Waals surface area contributed by atoms with E-state index >= 15 is 0 Å². The van der Waals surface area contributed by atoms with E-state index in [0.29, 0.717) is 31.2 Å². The highest BCUT2D eigenvalue weighted by atomic mass is 16.5. The average molecular weight is 817 g/mol. The molecule has 59 heavy (non-hydrogen) atoms. The number of nitrogens with zero attached hydrogens (tertiary/aromatic N) is 2. The van der Waals surface area contributed by atoms with Gasteiger partial charge in [0.15, 0.2) is 6.10 Å². The maximum atomic E-state index is 14.5. The number of alkyl carbamates (subject to hydrolysis) is 1. The molecule has 2 saturated heterocycles. The average Bonchev–Trinajstić information content (AvgIpc) is 3.71. The predicted octanol–water partition coefficient (Wildman–Crippen LogP) is 3.27. The molecular weight excluding hydrogens is 757 g/mol. The number of rotatable bonds is 10. The summed E-state index contributed by atoms with van der Waals surface area (Å²) in [6, 6.07) is 13.9. The van der Waals surface area contributed by atoms with Gasteiger partial charge in [-0.05, 0) is 69.9 Å². The van der Waals surface area contributed by atoms with Gasteiger partial charge in [0.2, 0.25) is 23.6 Å². The highest BCUT2D eigenvalue weighted by Gasteiger charge is 2.56. The maximum Gasteiger partial charge on any atom is 0.408 e. The number of ether oxygens (including phenoxy) is 2. The molecule has 0 spiro atoms. The Labute approximate surface area is 346 Å². The number of aliphatic hydroxyl groups is 1. The highest BCUT2D eigenvalue weighted by molar-refractivity contribution is 5.94. The van der Waals surface area contributed by atoms with E-state index in [1.807, 2.05) is 44.2 Å². The summed E-state index contributed by atoms with van der Waals surface area (Å²) < 4.78 is 11.8. The number of likely N-dealkylation sites (N-methyl/N-ethyl adjacent to an activating group) is 1. The first-order valence-electron chi connectivity index (χ1n) is 20.7. The van der Waals surface area contributed by atoms with Crippen molar-refractivity contribution in [1.29, 1.82) is 0 Å². The smallest absolute Gasteiger partial charge is 0.408 e. The van der Waals surface area contributed by atoms with Crippen LogP contribution in [0.3, 0.4) is 0 Å². The molecule has 6 amide bonds. The molecule has 0 aromatic heterocycles. The van der Waals surface area contributed by atoms with Crippen molar-refractivity contribution in [3.05, 3.63) is 83.9 Å². The van der Waals surface area contributed by atoms with Crippen molar-refractivity contribution in [1.82, 2.24) is 31.1 Å². The zero-order valence-electron chi connectivity index (χ0n) is 34.6. The maximum absolute atomic E-state index is 14.5. The lowest BCUT2D eigenvalue weighted by Gasteiger charge is -2.33. The van der Waals surface area contributed by atoms with Crippen LogP contribution < -0.4 is 21.3 Å². The van der Waals surface area contributed by atoms with Gasteiger partial charge in [0.05, 0.1) is 24.3 Å². The third-order valence-corrected chi connectivity index (χ3v) is 11.1. The number of fused-ring (bicyclic) bond motifs is 3. The van der Waals surface area contributed by atoms with E-state index in [9.17, 15) is 33.9 Å². The van der Waals surface area contributed by atoms with E-state index in [1.54, 1.807) is 44.4 Å². The lowest BCUT2D eigenvalue weighted by molar-refractivity contribution is -0.143. The molecule has 2 aromatic carbocycles. The van der Waals surface area contributed by atoms with Gasteiger partial charge >= 0.3 is 6.09 Å². The standard InChI is InChI=1S/C44H60N6O9/c1-44(2)25-31-34(59-44)27-50-37(31)39(53)46-32(38(52)40(54)45-26-35(51)48-36(42(56)49(3)4)30-21-15-12-16-22-30)23-17-9-7-5-6-8-10-18-24-33(41(50)55)47-43(57)58-28-29-19-13-11-14-20-29/h5-6,11-16,19-22,31-34,36-38,52H,7-10,17-18,23-28H2,1-4H3,(H,45,54)(H,46,53)(H,47,57)(H,48,51)/t31-,32-,33-,34?,36-,37-,38?/m0/s1. The molecule has 2 unspecified atom stereocenters. The number of hydrogen-bond acceptors (Lipinski definition) is 9. The molecule has 3 aliphatic rings. The fourth-order valence-electron chi connectivity index (χ4n) is 8.11. The van der Waals surface area contributed by atoms with E-state index < -0.39 is 78.2 Å². The second kappa shape index (κ2) is 21.1. The molecule has 320 valence electrons. The van der Waals surface area contributed by atoms with Gasteiger partial charge in [0.25, 0.3) is 5.91 Å². The minimum Gasteiger partial charge on any atom is -0.445 e. The summed E-state index contributed by atoms with van der Waals surface area (Å²) in [6.45, 7) is 3.47. The van der Waals surface area contributed by atoms with Crippen LogP contribution in [0.25, 0.3) is 0 Å². The molecule has 5 rings (SSSR count). The largest absolute Gasteiger partial charge is 0.445 e. The zero-order chi connectivity index (χ0) is 42.5. The van der Waals surface area contributed by atoms with Crippen molar-refractivity contribution in [2.75, 3.05) is 27.2 Å². The molecule has 0 bridgehead atoms. The Balaban J connectivity index is 1.32. The number of benzene rings is 2. The van der Waals surface area contributed by atoms with Crippen LogP contribution >= 0.6 is 0 Å². The van der Waals surface area contributed by atoms with Gasteiger partial charge in [-0.3, -0.25) is 24.0 Å². The number of aliphatic hydroxyl groups excluding tert-OH is 1. The molecular formula is C44H60N6O9. The van der Waals surface area contributed by atoms with Crippen LogP contribution in [0, 0.1) is 5.92 Å². The molecule has 3 heterocycles. The Kier molecular flexibility index (Phi) is 16.0. The van der Waals surface area contributed by atoms with Gasteiger partial charge in [-0.25, -0.2) is 4.79 Å². The van der Waals surface area contributed by atoms with Gasteiger partial charge in [-0.1, -0.05) is 85.7 Å². The SMILES string of the molecule is CN(C)C(=O)[C@@H](NC(=O)CNC(=O)C(O)[C@@H]1CCCCC=CCCCC[C@H](NC(=O)OCc2ccccc2)C(=O)N2CC3OC(C)(C)C[C@@H]3[C@H]2C(=O)N1)c1ccccc1. The lowest BCUT2D eigenvalue weighted by atomic mass is 9.89. The van der Waals surface area contributed by atoms with Gasteiger partial charge < -0.3 is 45.6 Å². The summed E-state index contributed by atoms with van der Waals surface area (Å²) in [7, 11) is 3.15. The molecule has 3 aliphatic heterocycles. The summed E-state index contributed by atoms with van der Waals surface area (Å²) in [5.74, 6) is -3.28. The van der Waals surface area contributed by atoms with Crippen LogP contribution in [0.15, 0.2) is 72.8 Å². The highest BCUT2D eigenvalue weighted by Crippen LogP contribution is 2.43. The summed E-state index contributed by atoms with van der Waals surface area (Å²) in [6.07, 6.45) is 6.50. The Hall–Kier alpha value is -5.28. The molecule has 2 fully saturated rings. The minimum absolute atomic E-state index is 0.0203. The molecule has 0 radical (unpaired) electrons. The summed E-state index contributed by atoms with van der Waals surface area (Å²) in [5.41, 5.74) is 0.800. The first-order valence-corrected chi connectivity index (χ1v) is 20.7. The first-order chi connectivity index (χ1) is 28.2. The fourth-order valence-corrected chi connectivity index (χ4v) is 8.11. The van der Waals surface area contributed by atoms with E-state index in [0.717, 1.165) is 31.2 Å². The summed E-state index contributed by atoms with van der Waals surface area (Å²) >= 11 is 0. The van der Waals surface area contributed by atoms with Crippen molar-refractivity contribution < 1.29 is 43.3 Å². The molecule has 0 saturated carbocycles. The molecule has 15 heteroatoms. The quantitative estimate of drug-likeness (QED) is 0.224. The van der Waals surface area contributed by atoms with Gasteiger partial charge in [-0.15, -0.1) is 0 Å². The second-order valence-corrected chi connectivity index (χ2v) is 16.4. The topological polar surface area (TPSA) is 196 Å². The Morgan fingerprint density at radius 3 is 2.25 bits per heavy atom. The van der Waals surface area contributed by atoms with Crippen LogP contribution in [0.4, 0.5) is 4.79 Å². The van der Waals surface area contributed by atoms with Gasteiger partial charge in [0, 0.05) is 26.6 Å². The van der Waals surface area contributed by atoms with Crippen molar-refractivity contribution in [3.8, 4) is 0 Å². The third-order valence-electron chi connectivity index (χ3n) is 11.1. The van der Waals surface area contributed by atoms with Gasteiger partial charge in [-0.2, -0.15) is 0 Å². The molecule has 2 aromatic rings. The summed E-state index contributed by atoms with van der Waals surface area (Å²) in [4.78, 5) is 84.4. The number of hydrogen-bond donors (Lipinski definition) is 5. The van der Waals surface area contributed by atoms with Gasteiger partial charge in [0.1, 0.15) is 24.7 Å². The monoisotopic (exact) mass is 816 g/mol. The predicted molar refractivity (Wildman–Crippen MR) is 219 cm³/mol. The second-order valence-electron chi connectivity index (χ2n) is 16.4. The fraction of sp³-hybridized carbons (Fsp3) is 0.545. The van der Waals surface area contributed by atoms with Crippen LogP contribution in [-0.2, 0) is 40.1 Å². The van der Waals surface area contributed by atoms with Crippen LogP contribution in [-0.4, -0.2) is 114 Å². The van der Waals surface area contributed by atoms with Crippen LogP contribution in [0.1, 0.15) is 88.8 Å². The number of amides is 6. The number of carbonyl (C=O) groups is 6. The van der Waals surface area contributed by atoms with Crippen molar-refractivity contribution in [2.45, 2.75) is 120 Å². The zero-order valence-corrected chi connectivity index (χ0v) is 34.6. The van der Waals surface area contributed by atoms with Crippen molar-refractivity contribution in [2.24, 2.45) is 5.92 Å². The van der Waals surface area contributed by atoms with Crippen LogP contribution in [0.5, 0.6) is 0 Å². The first kappa shape index (κ1) is 44.8. The van der Waals surface area contributed by atoms with E-state index in [4.69, 9.17) is 9.47 Å². The van der Waals surface area contributed by atoms with E-state index in [1.165, 1.54) is 9.80 Å².